The predicted molar refractivity (Wildman–Crippen MR) is 118 cm³/mol. The molecule has 3 aliphatic rings. The van der Waals surface area contributed by atoms with Gasteiger partial charge in [-0.3, -0.25) is 14.3 Å². The summed E-state index contributed by atoms with van der Waals surface area (Å²) in [6, 6.07) is 0. The smallest absolute Gasteiger partial charge is 0.330 e. The Balaban J connectivity index is 1.14. The van der Waals surface area contributed by atoms with Crippen molar-refractivity contribution in [1.82, 2.24) is 9.55 Å². The van der Waals surface area contributed by atoms with E-state index in [9.17, 15) is 14.7 Å². The lowest BCUT2D eigenvalue weighted by molar-refractivity contribution is -0.249. The van der Waals surface area contributed by atoms with Crippen LogP contribution in [0.5, 0.6) is 0 Å². The van der Waals surface area contributed by atoms with Crippen molar-refractivity contribution < 1.29 is 38.3 Å². The van der Waals surface area contributed by atoms with Gasteiger partial charge in [-0.05, 0) is 6.92 Å². The fourth-order valence-corrected chi connectivity index (χ4v) is 5.82. The van der Waals surface area contributed by atoms with Crippen LogP contribution in [0.1, 0.15) is 18.2 Å². The van der Waals surface area contributed by atoms with Crippen LogP contribution in [0.15, 0.2) is 15.8 Å². The number of aryl methyl sites for hydroxylation is 1. The lowest BCUT2D eigenvalue weighted by atomic mass is 10.2. The highest BCUT2D eigenvalue weighted by Gasteiger charge is 2.37. The molecule has 5 unspecified atom stereocenters. The van der Waals surface area contributed by atoms with E-state index in [0.29, 0.717) is 24.5 Å². The first-order valence-corrected chi connectivity index (χ1v) is 13.0. The zero-order valence-electron chi connectivity index (χ0n) is 18.2. The van der Waals surface area contributed by atoms with Crippen LogP contribution in [0, 0.1) is 6.92 Å². The van der Waals surface area contributed by atoms with Gasteiger partial charge in [0.15, 0.2) is 0 Å². The molecule has 0 amide bonds. The van der Waals surface area contributed by atoms with E-state index in [4.69, 9.17) is 33.2 Å². The van der Waals surface area contributed by atoms with Crippen LogP contribution in [0.2, 0.25) is 0 Å². The third kappa shape index (κ3) is 6.60. The first-order chi connectivity index (χ1) is 15.9. The van der Waals surface area contributed by atoms with Crippen molar-refractivity contribution in [1.29, 1.82) is 0 Å². The molecule has 186 valence electrons. The Bertz CT molecular complexity index is 898. The average molecular weight is 509 g/mol. The Labute approximate surface area is 197 Å². The summed E-state index contributed by atoms with van der Waals surface area (Å²) in [5.41, 5.74) is -0.655. The standard InChI is InChI=1S/C19H28N2O10S2/c1-10-4-21(17(24)20-16(10)23)15-3-13(22)14(31-15)7-28-19-27-6-12(30-19)9-33-32-8-11-5-26-18(25-2)29-11/h4,11-15,18-19,22H,3,5-9H2,1-2H3,(H,20,23,24)/t11?,12?,13?,14-,15-,18?,19?/m1/s1. The average Bonchev–Trinajstić information content (AvgIpc) is 3.52. The normalized spacial score (nSPS) is 34.3. The summed E-state index contributed by atoms with van der Waals surface area (Å²) in [5.74, 6) is 1.49. The van der Waals surface area contributed by atoms with Gasteiger partial charge in [-0.1, -0.05) is 21.6 Å². The first-order valence-electron chi connectivity index (χ1n) is 10.5. The molecule has 0 radical (unpaired) electrons. The minimum atomic E-state index is -0.845. The highest BCUT2D eigenvalue weighted by atomic mass is 33.1. The van der Waals surface area contributed by atoms with E-state index in [1.54, 1.807) is 28.5 Å². The van der Waals surface area contributed by atoms with Crippen molar-refractivity contribution in [3.8, 4) is 0 Å². The summed E-state index contributed by atoms with van der Waals surface area (Å²) in [4.78, 5) is 25.8. The van der Waals surface area contributed by atoms with Crippen LogP contribution < -0.4 is 11.2 Å². The zero-order valence-corrected chi connectivity index (χ0v) is 19.9. The molecule has 4 rings (SSSR count). The number of ether oxygens (including phenoxy) is 7. The van der Waals surface area contributed by atoms with E-state index in [1.165, 1.54) is 17.9 Å². The Morgan fingerprint density at radius 3 is 2.45 bits per heavy atom. The number of nitrogens with one attached hydrogen (secondary N) is 1. The molecule has 0 aliphatic carbocycles. The van der Waals surface area contributed by atoms with Crippen molar-refractivity contribution in [2.75, 3.05) is 38.4 Å². The molecular formula is C19H28N2O10S2. The van der Waals surface area contributed by atoms with Crippen LogP contribution in [0.4, 0.5) is 0 Å². The van der Waals surface area contributed by atoms with Crippen molar-refractivity contribution in [2.24, 2.45) is 0 Å². The number of hydrogen-bond donors (Lipinski definition) is 2. The number of hydrogen-bond acceptors (Lipinski definition) is 12. The zero-order chi connectivity index (χ0) is 23.4. The summed E-state index contributed by atoms with van der Waals surface area (Å²) in [7, 11) is 4.85. The molecule has 3 saturated heterocycles. The van der Waals surface area contributed by atoms with Gasteiger partial charge in [-0.2, -0.15) is 0 Å². The van der Waals surface area contributed by atoms with Crippen molar-refractivity contribution in [2.45, 2.75) is 56.9 Å². The van der Waals surface area contributed by atoms with Gasteiger partial charge in [0.2, 0.25) is 0 Å². The van der Waals surface area contributed by atoms with Crippen LogP contribution in [-0.4, -0.2) is 90.5 Å². The minimum absolute atomic E-state index is 0.00171. The quantitative estimate of drug-likeness (QED) is 0.323. The number of methoxy groups -OCH3 is 1. The van der Waals surface area contributed by atoms with E-state index in [-0.39, 0.29) is 25.2 Å². The minimum Gasteiger partial charge on any atom is -0.390 e. The van der Waals surface area contributed by atoms with Gasteiger partial charge in [0.05, 0.1) is 38.1 Å². The molecule has 1 aromatic rings. The van der Waals surface area contributed by atoms with Crippen LogP contribution in [0.3, 0.4) is 0 Å². The maximum atomic E-state index is 12.1. The molecule has 4 heterocycles. The molecule has 2 N–H and O–H groups in total. The maximum Gasteiger partial charge on any atom is 0.330 e. The van der Waals surface area contributed by atoms with Crippen molar-refractivity contribution in [3.05, 3.63) is 32.6 Å². The molecule has 33 heavy (non-hydrogen) atoms. The molecule has 12 nitrogen and oxygen atoms in total. The highest BCUT2D eigenvalue weighted by Crippen LogP contribution is 2.30. The number of nitrogens with zero attached hydrogens (tertiary/aromatic N) is 1. The van der Waals surface area contributed by atoms with Gasteiger partial charge in [-0.15, -0.1) is 0 Å². The van der Waals surface area contributed by atoms with Crippen molar-refractivity contribution in [3.63, 3.8) is 0 Å². The topological polar surface area (TPSA) is 140 Å². The molecule has 3 aliphatic heterocycles. The number of aromatic amines is 1. The SMILES string of the molecule is COC1OCC(CSSCC2COC(OC[C@H]3O[C@@H](n4cc(C)c(=O)[nH]c4=O)CC3O)O2)O1. The van der Waals surface area contributed by atoms with E-state index >= 15 is 0 Å². The molecule has 0 saturated carbocycles. The van der Waals surface area contributed by atoms with Gasteiger partial charge >= 0.3 is 5.69 Å². The molecule has 0 bridgehead atoms. The summed E-state index contributed by atoms with van der Waals surface area (Å²) >= 11 is 0. The Hall–Kier alpha value is -0.940. The number of rotatable bonds is 10. The summed E-state index contributed by atoms with van der Waals surface area (Å²) in [6.45, 7) is 1.11. The maximum absolute atomic E-state index is 12.1. The van der Waals surface area contributed by atoms with Crippen molar-refractivity contribution >= 4 is 21.6 Å². The van der Waals surface area contributed by atoms with Gasteiger partial charge in [0.1, 0.15) is 12.3 Å². The molecule has 3 fully saturated rings. The van der Waals surface area contributed by atoms with Crippen LogP contribution in [-0.2, 0) is 33.2 Å². The fourth-order valence-electron chi connectivity index (χ4n) is 3.49. The molecule has 1 aromatic heterocycles. The summed E-state index contributed by atoms with van der Waals surface area (Å²) in [6.07, 6.45) is -0.688. The third-order valence-corrected chi connectivity index (χ3v) is 7.78. The van der Waals surface area contributed by atoms with E-state index in [2.05, 4.69) is 4.98 Å². The monoisotopic (exact) mass is 508 g/mol. The molecular weight excluding hydrogens is 480 g/mol. The lowest BCUT2D eigenvalue weighted by Gasteiger charge is -2.18. The fraction of sp³-hybridized carbons (Fsp3) is 0.789. The Morgan fingerprint density at radius 2 is 1.79 bits per heavy atom. The summed E-state index contributed by atoms with van der Waals surface area (Å²) < 4.78 is 39.7. The first kappa shape index (κ1) is 25.2. The number of aromatic nitrogens is 2. The second-order valence-electron chi connectivity index (χ2n) is 7.81. The van der Waals surface area contributed by atoms with Crippen LogP contribution >= 0.6 is 21.6 Å². The highest BCUT2D eigenvalue weighted by molar-refractivity contribution is 8.76. The molecule has 14 heteroatoms. The molecule has 7 atom stereocenters. The van der Waals surface area contributed by atoms with Gasteiger partial charge in [0.25, 0.3) is 18.5 Å². The van der Waals surface area contributed by atoms with E-state index < -0.39 is 42.6 Å². The number of H-pyrrole nitrogens is 1. The summed E-state index contributed by atoms with van der Waals surface area (Å²) in [5, 5.41) is 10.3. The predicted octanol–water partition coefficient (Wildman–Crippen LogP) is -0.0642. The second-order valence-corrected chi connectivity index (χ2v) is 10.4. The van der Waals surface area contributed by atoms with E-state index in [1.807, 2.05) is 0 Å². The van der Waals surface area contributed by atoms with Gasteiger partial charge in [-0.25, -0.2) is 4.79 Å². The Morgan fingerprint density at radius 1 is 1.12 bits per heavy atom. The third-order valence-electron chi connectivity index (χ3n) is 5.28. The van der Waals surface area contributed by atoms with Gasteiger partial charge in [0, 0.05) is 36.8 Å². The second kappa shape index (κ2) is 11.7. The Kier molecular flexibility index (Phi) is 8.89. The number of aliphatic hydroxyl groups excluding tert-OH is 1. The van der Waals surface area contributed by atoms with E-state index in [0.717, 1.165) is 5.75 Å². The van der Waals surface area contributed by atoms with Crippen LogP contribution in [0.25, 0.3) is 0 Å². The van der Waals surface area contributed by atoms with Gasteiger partial charge < -0.3 is 38.3 Å². The lowest BCUT2D eigenvalue weighted by Crippen LogP contribution is -2.33. The molecule has 0 aromatic carbocycles. The molecule has 0 spiro atoms. The largest absolute Gasteiger partial charge is 0.390 e. The number of aliphatic hydroxyl groups is 1.